The first-order chi connectivity index (χ1) is 12.2. The number of anilines is 2. The predicted octanol–water partition coefficient (Wildman–Crippen LogP) is 3.07. The topological polar surface area (TPSA) is 76.0 Å². The molecule has 0 saturated heterocycles. The third-order valence-electron chi connectivity index (χ3n) is 4.09. The van der Waals surface area contributed by atoms with E-state index >= 15 is 0 Å². The number of para-hydroxylation sites is 1. The van der Waals surface area contributed by atoms with Crippen molar-refractivity contribution in [2.75, 3.05) is 10.6 Å². The van der Waals surface area contributed by atoms with Gasteiger partial charge in [0.1, 0.15) is 11.9 Å². The first-order valence-electron chi connectivity index (χ1n) is 8.01. The van der Waals surface area contributed by atoms with E-state index in [1.165, 1.54) is 0 Å². The van der Waals surface area contributed by atoms with Crippen LogP contribution in [0.2, 0.25) is 0 Å². The summed E-state index contributed by atoms with van der Waals surface area (Å²) in [5.74, 6) is 0.0774. The average molecular weight is 332 g/mol. The molecule has 124 valence electrons. The Labute approximate surface area is 144 Å². The lowest BCUT2D eigenvalue weighted by molar-refractivity contribution is -0.125. The monoisotopic (exact) mass is 332 g/mol. The quantitative estimate of drug-likeness (QED) is 0.774. The van der Waals surface area contributed by atoms with Crippen molar-refractivity contribution in [2.24, 2.45) is 0 Å². The van der Waals surface area contributed by atoms with Crippen molar-refractivity contribution >= 4 is 23.3 Å². The zero-order chi connectivity index (χ0) is 17.2. The summed E-state index contributed by atoms with van der Waals surface area (Å²) in [4.78, 5) is 24.7. The second-order valence-electron chi connectivity index (χ2n) is 5.85. The molecule has 1 aliphatic rings. The van der Waals surface area contributed by atoms with Crippen molar-refractivity contribution in [1.29, 1.82) is 0 Å². The maximum Gasteiger partial charge on any atom is 0.249 e. The average Bonchev–Trinajstić information content (AvgIpc) is 3.06. The molecule has 6 nitrogen and oxygen atoms in total. The van der Waals surface area contributed by atoms with Crippen LogP contribution in [0.1, 0.15) is 12.5 Å². The second-order valence-corrected chi connectivity index (χ2v) is 5.85. The van der Waals surface area contributed by atoms with Crippen LogP contribution in [0.25, 0.3) is 11.3 Å². The standard InChI is InChI=1S/C19H16N4O2/c24-18-12-16(19(25)20-14-9-5-2-6-10-14)23-17(21-18)11-15(22-23)13-7-3-1-4-8-13/h1-11,16H,12H2,(H,20,25)(H,21,24). The number of hydrogen-bond acceptors (Lipinski definition) is 3. The molecule has 0 spiro atoms. The molecule has 3 aromatic rings. The van der Waals surface area contributed by atoms with Gasteiger partial charge in [0.2, 0.25) is 11.8 Å². The zero-order valence-corrected chi connectivity index (χ0v) is 13.3. The van der Waals surface area contributed by atoms with E-state index in [9.17, 15) is 9.59 Å². The third kappa shape index (κ3) is 3.01. The minimum atomic E-state index is -0.679. The Morgan fingerprint density at radius 2 is 1.76 bits per heavy atom. The summed E-state index contributed by atoms with van der Waals surface area (Å²) in [6.45, 7) is 0. The first kappa shape index (κ1) is 15.1. The summed E-state index contributed by atoms with van der Waals surface area (Å²) < 4.78 is 1.59. The largest absolute Gasteiger partial charge is 0.324 e. The Morgan fingerprint density at radius 1 is 1.08 bits per heavy atom. The lowest BCUT2D eigenvalue weighted by atomic mass is 10.1. The zero-order valence-electron chi connectivity index (χ0n) is 13.3. The number of carbonyl (C=O) groups is 2. The van der Waals surface area contributed by atoms with E-state index in [0.717, 1.165) is 11.3 Å². The number of aromatic nitrogens is 2. The highest BCUT2D eigenvalue weighted by Gasteiger charge is 2.32. The summed E-state index contributed by atoms with van der Waals surface area (Å²) in [5.41, 5.74) is 2.34. The summed E-state index contributed by atoms with van der Waals surface area (Å²) in [5, 5.41) is 10.2. The van der Waals surface area contributed by atoms with Gasteiger partial charge in [0.15, 0.2) is 0 Å². The second kappa shape index (κ2) is 6.24. The maximum atomic E-state index is 12.7. The summed E-state index contributed by atoms with van der Waals surface area (Å²) in [6, 6.07) is 19.9. The molecule has 4 rings (SSSR count). The van der Waals surface area contributed by atoms with Crippen LogP contribution in [0, 0.1) is 0 Å². The molecule has 0 aliphatic carbocycles. The van der Waals surface area contributed by atoms with E-state index in [4.69, 9.17) is 0 Å². The molecule has 25 heavy (non-hydrogen) atoms. The van der Waals surface area contributed by atoms with Gasteiger partial charge < -0.3 is 10.6 Å². The molecule has 2 amide bonds. The van der Waals surface area contributed by atoms with Crippen LogP contribution in [-0.2, 0) is 9.59 Å². The maximum absolute atomic E-state index is 12.7. The predicted molar refractivity (Wildman–Crippen MR) is 95.0 cm³/mol. The minimum absolute atomic E-state index is 0.0571. The smallest absolute Gasteiger partial charge is 0.249 e. The van der Waals surface area contributed by atoms with Gasteiger partial charge in [-0.15, -0.1) is 0 Å². The van der Waals surface area contributed by atoms with Crippen LogP contribution >= 0.6 is 0 Å². The van der Waals surface area contributed by atoms with Gasteiger partial charge in [0.05, 0.1) is 12.1 Å². The van der Waals surface area contributed by atoms with Crippen LogP contribution in [-0.4, -0.2) is 21.6 Å². The van der Waals surface area contributed by atoms with E-state index < -0.39 is 6.04 Å². The number of nitrogens with one attached hydrogen (secondary N) is 2. The molecule has 2 N–H and O–H groups in total. The molecule has 1 unspecified atom stereocenters. The molecule has 1 atom stereocenters. The highest BCUT2D eigenvalue weighted by Crippen LogP contribution is 2.30. The summed E-state index contributed by atoms with van der Waals surface area (Å²) >= 11 is 0. The van der Waals surface area contributed by atoms with Gasteiger partial charge in [0, 0.05) is 17.3 Å². The highest BCUT2D eigenvalue weighted by molar-refractivity contribution is 6.01. The minimum Gasteiger partial charge on any atom is -0.324 e. The van der Waals surface area contributed by atoms with Gasteiger partial charge >= 0.3 is 0 Å². The van der Waals surface area contributed by atoms with Crippen molar-refractivity contribution in [1.82, 2.24) is 9.78 Å². The number of fused-ring (bicyclic) bond motifs is 1. The first-order valence-corrected chi connectivity index (χ1v) is 8.01. The summed E-state index contributed by atoms with van der Waals surface area (Å²) in [6.07, 6.45) is 0.0571. The number of rotatable bonds is 3. The Morgan fingerprint density at radius 3 is 2.48 bits per heavy atom. The lowest BCUT2D eigenvalue weighted by Gasteiger charge is -2.23. The Kier molecular flexibility index (Phi) is 3.78. The van der Waals surface area contributed by atoms with Gasteiger partial charge in [-0.05, 0) is 12.1 Å². The van der Waals surface area contributed by atoms with E-state index in [-0.39, 0.29) is 18.2 Å². The van der Waals surface area contributed by atoms with Gasteiger partial charge in [-0.25, -0.2) is 4.68 Å². The van der Waals surface area contributed by atoms with E-state index in [1.807, 2.05) is 48.5 Å². The molecule has 0 fully saturated rings. The molecule has 6 heteroatoms. The van der Waals surface area contributed by atoms with E-state index in [1.54, 1.807) is 22.9 Å². The molecule has 0 saturated carbocycles. The third-order valence-corrected chi connectivity index (χ3v) is 4.09. The fourth-order valence-electron chi connectivity index (χ4n) is 2.88. The van der Waals surface area contributed by atoms with Crippen molar-refractivity contribution < 1.29 is 9.59 Å². The Balaban J connectivity index is 1.66. The van der Waals surface area contributed by atoms with Crippen LogP contribution < -0.4 is 10.6 Å². The fourth-order valence-corrected chi connectivity index (χ4v) is 2.88. The van der Waals surface area contributed by atoms with Crippen LogP contribution in [0.4, 0.5) is 11.5 Å². The van der Waals surface area contributed by atoms with Gasteiger partial charge in [0.25, 0.3) is 0 Å². The fraction of sp³-hybridized carbons (Fsp3) is 0.105. The Bertz CT molecular complexity index is 919. The normalized spacial score (nSPS) is 16.0. The molecule has 1 aliphatic heterocycles. The van der Waals surface area contributed by atoms with Crippen LogP contribution in [0.5, 0.6) is 0 Å². The van der Waals surface area contributed by atoms with Gasteiger partial charge in [-0.2, -0.15) is 5.10 Å². The van der Waals surface area contributed by atoms with Gasteiger partial charge in [-0.1, -0.05) is 48.5 Å². The van der Waals surface area contributed by atoms with Crippen molar-refractivity contribution in [3.05, 3.63) is 66.7 Å². The van der Waals surface area contributed by atoms with Crippen molar-refractivity contribution in [3.8, 4) is 11.3 Å². The van der Waals surface area contributed by atoms with Crippen LogP contribution in [0.15, 0.2) is 66.7 Å². The molecular formula is C19H16N4O2. The SMILES string of the molecule is O=C1CC(C(=O)Nc2ccccc2)n2nc(-c3ccccc3)cc2N1. The number of carbonyl (C=O) groups excluding carboxylic acids is 2. The van der Waals surface area contributed by atoms with Crippen molar-refractivity contribution in [2.45, 2.75) is 12.5 Å². The van der Waals surface area contributed by atoms with Gasteiger partial charge in [-0.3, -0.25) is 9.59 Å². The molecule has 0 bridgehead atoms. The number of benzene rings is 2. The number of nitrogens with zero attached hydrogens (tertiary/aromatic N) is 2. The molecule has 0 radical (unpaired) electrons. The summed E-state index contributed by atoms with van der Waals surface area (Å²) in [7, 11) is 0. The van der Waals surface area contributed by atoms with Crippen molar-refractivity contribution in [3.63, 3.8) is 0 Å². The molecule has 2 aromatic carbocycles. The molecule has 1 aromatic heterocycles. The number of hydrogen-bond donors (Lipinski definition) is 2. The lowest BCUT2D eigenvalue weighted by Crippen LogP contribution is -2.35. The highest BCUT2D eigenvalue weighted by atomic mass is 16.2. The van der Waals surface area contributed by atoms with E-state index in [2.05, 4.69) is 15.7 Å². The van der Waals surface area contributed by atoms with E-state index in [0.29, 0.717) is 11.5 Å². The molecule has 2 heterocycles. The molecular weight excluding hydrogens is 316 g/mol. The van der Waals surface area contributed by atoms with Crippen LogP contribution in [0.3, 0.4) is 0 Å². The number of amides is 2. The Hall–Kier alpha value is -3.41.